The summed E-state index contributed by atoms with van der Waals surface area (Å²) in [5.41, 5.74) is 0. The van der Waals surface area contributed by atoms with E-state index >= 15 is 0 Å². The van der Waals surface area contributed by atoms with Crippen LogP contribution in [0, 0.1) is 17.8 Å². The fourth-order valence-corrected chi connectivity index (χ4v) is 5.53. The molecule has 1 N–H and O–H groups in total. The summed E-state index contributed by atoms with van der Waals surface area (Å²) in [5.74, 6) is 2.72. The average molecular weight is 345 g/mol. The number of nitrogens with one attached hydrogen (secondary N) is 1. The van der Waals surface area contributed by atoms with Gasteiger partial charge in [-0.25, -0.2) is 8.42 Å². The van der Waals surface area contributed by atoms with Gasteiger partial charge in [-0.2, -0.15) is 4.31 Å². The Hall–Kier alpha value is -0.170. The molecular weight excluding hydrogens is 312 g/mol. The first-order valence-electron chi connectivity index (χ1n) is 9.29. The molecule has 2 aliphatic heterocycles. The molecule has 23 heavy (non-hydrogen) atoms. The summed E-state index contributed by atoms with van der Waals surface area (Å²) in [5, 5.41) is 3.10. The fourth-order valence-electron chi connectivity index (χ4n) is 4.20. The van der Waals surface area contributed by atoms with Crippen LogP contribution in [0.2, 0.25) is 0 Å². The molecular formula is C17H32N2O3S. The van der Waals surface area contributed by atoms with Gasteiger partial charge >= 0.3 is 0 Å². The van der Waals surface area contributed by atoms with Crippen LogP contribution in [0.3, 0.4) is 0 Å². The zero-order valence-electron chi connectivity index (χ0n) is 14.5. The third-order valence-electron chi connectivity index (χ3n) is 5.87. The molecule has 1 aliphatic carbocycles. The van der Waals surface area contributed by atoms with Crippen LogP contribution >= 0.6 is 0 Å². The Morgan fingerprint density at radius 1 is 1.22 bits per heavy atom. The van der Waals surface area contributed by atoms with Gasteiger partial charge in [0.2, 0.25) is 10.0 Å². The number of ether oxygens (including phenoxy) is 1. The third-order valence-corrected chi connectivity index (χ3v) is 8.12. The Morgan fingerprint density at radius 2 is 1.96 bits per heavy atom. The van der Waals surface area contributed by atoms with Crippen molar-refractivity contribution in [1.29, 1.82) is 0 Å². The minimum atomic E-state index is -3.11. The molecule has 3 atom stereocenters. The largest absolute Gasteiger partial charge is 0.377 e. The van der Waals surface area contributed by atoms with Crippen LogP contribution in [-0.4, -0.2) is 56.9 Å². The predicted molar refractivity (Wildman–Crippen MR) is 91.8 cm³/mol. The Labute approximate surface area is 141 Å². The van der Waals surface area contributed by atoms with E-state index in [0.717, 1.165) is 37.2 Å². The van der Waals surface area contributed by atoms with E-state index in [1.807, 2.05) is 0 Å². The van der Waals surface area contributed by atoms with Crippen molar-refractivity contribution in [2.24, 2.45) is 17.8 Å². The lowest BCUT2D eigenvalue weighted by molar-refractivity contribution is 0.0581. The van der Waals surface area contributed by atoms with E-state index in [1.54, 1.807) is 18.2 Å². The van der Waals surface area contributed by atoms with Crippen LogP contribution in [0.4, 0.5) is 0 Å². The molecule has 1 unspecified atom stereocenters. The number of nitrogens with zero attached hydrogens (tertiary/aromatic N) is 1. The molecule has 2 heterocycles. The number of sulfonamides is 1. The Morgan fingerprint density at radius 3 is 2.65 bits per heavy atom. The summed E-state index contributed by atoms with van der Waals surface area (Å²) in [4.78, 5) is 0. The van der Waals surface area contributed by atoms with Crippen molar-refractivity contribution < 1.29 is 13.2 Å². The van der Waals surface area contributed by atoms with Crippen LogP contribution in [0.5, 0.6) is 0 Å². The van der Waals surface area contributed by atoms with Gasteiger partial charge in [-0.1, -0.05) is 0 Å². The molecule has 0 aromatic heterocycles. The van der Waals surface area contributed by atoms with E-state index in [4.69, 9.17) is 4.74 Å². The van der Waals surface area contributed by atoms with Crippen LogP contribution in [0.25, 0.3) is 0 Å². The molecule has 3 fully saturated rings. The number of rotatable bonds is 7. The molecule has 0 aromatic rings. The predicted octanol–water partition coefficient (Wildman–Crippen LogP) is 1.84. The van der Waals surface area contributed by atoms with E-state index in [9.17, 15) is 8.42 Å². The molecule has 2 saturated heterocycles. The van der Waals surface area contributed by atoms with Crippen molar-refractivity contribution in [3.05, 3.63) is 0 Å². The van der Waals surface area contributed by atoms with Crippen LogP contribution < -0.4 is 5.32 Å². The molecule has 3 rings (SSSR count). The summed E-state index contributed by atoms with van der Waals surface area (Å²) in [6, 6.07) is 0. The second-order valence-corrected chi connectivity index (χ2v) is 10.3. The highest BCUT2D eigenvalue weighted by atomic mass is 32.2. The Balaban J connectivity index is 1.33. The van der Waals surface area contributed by atoms with E-state index in [2.05, 4.69) is 5.32 Å². The second-order valence-electron chi connectivity index (χ2n) is 7.77. The number of hydrogen-bond donors (Lipinski definition) is 1. The van der Waals surface area contributed by atoms with E-state index < -0.39 is 10.0 Å². The van der Waals surface area contributed by atoms with E-state index in [1.165, 1.54) is 32.4 Å². The molecule has 0 aromatic carbocycles. The van der Waals surface area contributed by atoms with Crippen LogP contribution in [0.15, 0.2) is 0 Å². The van der Waals surface area contributed by atoms with E-state index in [0.29, 0.717) is 13.1 Å². The molecule has 0 bridgehead atoms. The molecule has 3 aliphatic rings. The standard InChI is InChI=1S/C17H32N2O3S/c1-13(2)23(20,21)19-9-5-16(12-19)22-10-6-15-11-17(15)14-3-7-18-8-4-14/h13-18H,3-12H2,1-2H3/t15-,16+,17?/m1/s1. The lowest BCUT2D eigenvalue weighted by Crippen LogP contribution is -2.35. The van der Waals surface area contributed by atoms with Crippen molar-refractivity contribution in [1.82, 2.24) is 9.62 Å². The second kappa shape index (κ2) is 7.38. The highest BCUT2D eigenvalue weighted by Crippen LogP contribution is 2.49. The first kappa shape index (κ1) is 17.6. The van der Waals surface area contributed by atoms with E-state index in [-0.39, 0.29) is 11.4 Å². The maximum atomic E-state index is 12.2. The summed E-state index contributed by atoms with van der Waals surface area (Å²) in [7, 11) is -3.11. The maximum absolute atomic E-state index is 12.2. The minimum Gasteiger partial charge on any atom is -0.377 e. The first-order chi connectivity index (χ1) is 11.0. The summed E-state index contributed by atoms with van der Waals surface area (Å²) in [6.07, 6.45) is 6.15. The van der Waals surface area contributed by atoms with Gasteiger partial charge in [0.1, 0.15) is 0 Å². The lowest BCUT2D eigenvalue weighted by Gasteiger charge is -2.22. The van der Waals surface area contributed by atoms with Gasteiger partial charge in [0, 0.05) is 19.7 Å². The third kappa shape index (κ3) is 4.27. The zero-order valence-corrected chi connectivity index (χ0v) is 15.4. The molecule has 0 spiro atoms. The topological polar surface area (TPSA) is 58.6 Å². The van der Waals surface area contributed by atoms with Gasteiger partial charge in [0.15, 0.2) is 0 Å². The molecule has 0 amide bonds. The van der Waals surface area contributed by atoms with Crippen LogP contribution in [0.1, 0.15) is 46.0 Å². The molecule has 134 valence electrons. The van der Waals surface area contributed by atoms with Gasteiger partial charge in [-0.15, -0.1) is 0 Å². The molecule has 1 saturated carbocycles. The molecule has 5 nitrogen and oxygen atoms in total. The van der Waals surface area contributed by atoms with Crippen molar-refractivity contribution >= 4 is 10.0 Å². The average Bonchev–Trinajstić information content (AvgIpc) is 3.14. The van der Waals surface area contributed by atoms with Crippen molar-refractivity contribution in [2.75, 3.05) is 32.8 Å². The Bertz CT molecular complexity index is 488. The molecule has 6 heteroatoms. The van der Waals surface area contributed by atoms with Crippen molar-refractivity contribution in [2.45, 2.75) is 57.3 Å². The van der Waals surface area contributed by atoms with Crippen LogP contribution in [-0.2, 0) is 14.8 Å². The quantitative estimate of drug-likeness (QED) is 0.766. The summed E-state index contributed by atoms with van der Waals surface area (Å²) in [6.45, 7) is 7.83. The number of hydrogen-bond acceptors (Lipinski definition) is 4. The normalized spacial score (nSPS) is 33.4. The summed E-state index contributed by atoms with van der Waals surface area (Å²) >= 11 is 0. The highest BCUT2D eigenvalue weighted by molar-refractivity contribution is 7.89. The highest BCUT2D eigenvalue weighted by Gasteiger charge is 2.42. The van der Waals surface area contributed by atoms with Gasteiger partial charge in [0.25, 0.3) is 0 Å². The number of piperidine rings is 1. The zero-order chi connectivity index (χ0) is 16.4. The van der Waals surface area contributed by atoms with Gasteiger partial charge < -0.3 is 10.1 Å². The first-order valence-corrected chi connectivity index (χ1v) is 10.8. The maximum Gasteiger partial charge on any atom is 0.216 e. The molecule has 0 radical (unpaired) electrons. The summed E-state index contributed by atoms with van der Waals surface area (Å²) < 4.78 is 31.9. The SMILES string of the molecule is CC(C)S(=O)(=O)N1CC[C@H](OCC[C@@H]2CC2C2CCNCC2)C1. The fraction of sp³-hybridized carbons (Fsp3) is 1.00. The van der Waals surface area contributed by atoms with Crippen molar-refractivity contribution in [3.8, 4) is 0 Å². The van der Waals surface area contributed by atoms with Crippen molar-refractivity contribution in [3.63, 3.8) is 0 Å². The smallest absolute Gasteiger partial charge is 0.216 e. The van der Waals surface area contributed by atoms with Gasteiger partial charge in [-0.05, 0) is 76.8 Å². The monoisotopic (exact) mass is 344 g/mol. The lowest BCUT2D eigenvalue weighted by atomic mass is 9.91. The minimum absolute atomic E-state index is 0.0969. The van der Waals surface area contributed by atoms with Gasteiger partial charge in [-0.3, -0.25) is 0 Å². The Kier molecular flexibility index (Phi) is 5.66. The van der Waals surface area contributed by atoms with Gasteiger partial charge in [0.05, 0.1) is 11.4 Å².